The van der Waals surface area contributed by atoms with Crippen molar-refractivity contribution in [2.45, 2.75) is 36.6 Å². The first-order valence-electron chi connectivity index (χ1n) is 6.93. The maximum absolute atomic E-state index is 5.82. The van der Waals surface area contributed by atoms with Gasteiger partial charge in [0, 0.05) is 28.9 Å². The highest BCUT2D eigenvalue weighted by atomic mass is 79.9. The Kier molecular flexibility index (Phi) is 4.14. The second kappa shape index (κ2) is 6.02. The molecule has 1 fully saturated rings. The maximum Gasteiger partial charge on any atom is 0.0705 e. The molecule has 3 heteroatoms. The summed E-state index contributed by atoms with van der Waals surface area (Å²) in [6, 6.07) is 12.5. The van der Waals surface area contributed by atoms with Gasteiger partial charge >= 0.3 is 0 Å². The van der Waals surface area contributed by atoms with E-state index in [9.17, 15) is 0 Å². The summed E-state index contributed by atoms with van der Waals surface area (Å²) >= 11 is 3.78. The first-order valence-corrected chi connectivity index (χ1v) is 7.85. The van der Waals surface area contributed by atoms with Crippen molar-refractivity contribution in [1.82, 2.24) is 4.98 Å². The highest BCUT2D eigenvalue weighted by molar-refractivity contribution is 9.09. The lowest BCUT2D eigenvalue weighted by atomic mass is 10.0. The maximum atomic E-state index is 5.82. The highest BCUT2D eigenvalue weighted by Crippen LogP contribution is 2.24. The van der Waals surface area contributed by atoms with E-state index in [4.69, 9.17) is 9.72 Å². The first-order chi connectivity index (χ1) is 9.33. The van der Waals surface area contributed by atoms with Crippen LogP contribution < -0.4 is 0 Å². The van der Waals surface area contributed by atoms with E-state index in [1.807, 2.05) is 12.1 Å². The molecule has 19 heavy (non-hydrogen) atoms. The predicted molar refractivity (Wildman–Crippen MR) is 81.8 cm³/mol. The lowest BCUT2D eigenvalue weighted by molar-refractivity contribution is 0.0163. The standard InChI is InChI=1S/C16H18BrNO/c17-14(16-7-3-4-10-19-16)11-13-9-8-12-5-1-2-6-15(12)18-13/h1-2,5-6,8-9,14,16H,3-4,7,10-11H2. The van der Waals surface area contributed by atoms with E-state index >= 15 is 0 Å². The lowest BCUT2D eigenvalue weighted by Gasteiger charge is -2.26. The number of nitrogens with zero attached hydrogens (tertiary/aromatic N) is 1. The topological polar surface area (TPSA) is 22.1 Å². The molecule has 0 amide bonds. The zero-order chi connectivity index (χ0) is 13.1. The summed E-state index contributed by atoms with van der Waals surface area (Å²) in [6.07, 6.45) is 4.89. The van der Waals surface area contributed by atoms with Gasteiger partial charge in [0.2, 0.25) is 0 Å². The van der Waals surface area contributed by atoms with Gasteiger partial charge in [0.1, 0.15) is 0 Å². The van der Waals surface area contributed by atoms with Gasteiger partial charge in [0.25, 0.3) is 0 Å². The van der Waals surface area contributed by atoms with Gasteiger partial charge in [-0.15, -0.1) is 0 Å². The Morgan fingerprint density at radius 1 is 1.21 bits per heavy atom. The van der Waals surface area contributed by atoms with Crippen molar-refractivity contribution >= 4 is 26.8 Å². The van der Waals surface area contributed by atoms with Gasteiger partial charge in [-0.05, 0) is 31.4 Å². The third-order valence-electron chi connectivity index (χ3n) is 3.68. The summed E-state index contributed by atoms with van der Waals surface area (Å²) in [5, 5.41) is 1.20. The van der Waals surface area contributed by atoms with Crippen LogP contribution in [-0.4, -0.2) is 22.5 Å². The van der Waals surface area contributed by atoms with Crippen LogP contribution >= 0.6 is 15.9 Å². The van der Waals surface area contributed by atoms with Crippen molar-refractivity contribution in [1.29, 1.82) is 0 Å². The number of pyridine rings is 1. The molecule has 2 atom stereocenters. The SMILES string of the molecule is BrC(Cc1ccc2ccccc2n1)C1CCCCO1. The van der Waals surface area contributed by atoms with E-state index in [0.29, 0.717) is 10.9 Å². The minimum Gasteiger partial charge on any atom is -0.377 e. The van der Waals surface area contributed by atoms with Crippen molar-refractivity contribution in [2.75, 3.05) is 6.61 Å². The van der Waals surface area contributed by atoms with Gasteiger partial charge in [0.15, 0.2) is 0 Å². The Labute approximate surface area is 122 Å². The summed E-state index contributed by atoms with van der Waals surface area (Å²) in [4.78, 5) is 5.09. The molecular weight excluding hydrogens is 302 g/mol. The number of fused-ring (bicyclic) bond motifs is 1. The molecule has 3 rings (SSSR count). The number of rotatable bonds is 3. The number of halogens is 1. The van der Waals surface area contributed by atoms with Crippen LogP contribution in [0.4, 0.5) is 0 Å². The molecule has 2 aromatic rings. The molecule has 0 bridgehead atoms. The van der Waals surface area contributed by atoms with Gasteiger partial charge in [-0.25, -0.2) is 0 Å². The molecular formula is C16H18BrNO. The fourth-order valence-corrected chi connectivity index (χ4v) is 3.35. The third kappa shape index (κ3) is 3.15. The zero-order valence-electron chi connectivity index (χ0n) is 10.9. The Morgan fingerprint density at radius 3 is 2.95 bits per heavy atom. The lowest BCUT2D eigenvalue weighted by Crippen LogP contribution is -2.29. The van der Waals surface area contributed by atoms with Crippen LogP contribution in [0.1, 0.15) is 25.0 Å². The fraction of sp³-hybridized carbons (Fsp3) is 0.438. The van der Waals surface area contributed by atoms with Crippen LogP contribution in [0.2, 0.25) is 0 Å². The van der Waals surface area contributed by atoms with Gasteiger partial charge in [-0.1, -0.05) is 40.2 Å². The predicted octanol–water partition coefficient (Wildman–Crippen LogP) is 4.11. The number of hydrogen-bond donors (Lipinski definition) is 0. The molecule has 1 saturated heterocycles. The molecule has 1 aliphatic heterocycles. The number of alkyl halides is 1. The van der Waals surface area contributed by atoms with Crippen molar-refractivity contribution in [3.8, 4) is 0 Å². The quantitative estimate of drug-likeness (QED) is 0.794. The summed E-state index contributed by atoms with van der Waals surface area (Å²) < 4.78 is 5.82. The normalized spacial score (nSPS) is 21.4. The Bertz CT molecular complexity index is 551. The second-order valence-corrected chi connectivity index (χ2v) is 6.30. The zero-order valence-corrected chi connectivity index (χ0v) is 12.5. The van der Waals surface area contributed by atoms with Crippen molar-refractivity contribution in [3.63, 3.8) is 0 Å². The molecule has 1 aliphatic rings. The number of para-hydroxylation sites is 1. The van der Waals surface area contributed by atoms with Crippen LogP contribution in [0.25, 0.3) is 10.9 Å². The van der Waals surface area contributed by atoms with E-state index in [1.165, 1.54) is 18.2 Å². The fourth-order valence-electron chi connectivity index (χ4n) is 2.60. The Balaban J connectivity index is 1.73. The third-order valence-corrected chi connectivity index (χ3v) is 4.59. The molecule has 0 radical (unpaired) electrons. The monoisotopic (exact) mass is 319 g/mol. The molecule has 1 aromatic heterocycles. The van der Waals surface area contributed by atoms with Crippen molar-refractivity contribution < 1.29 is 4.74 Å². The van der Waals surface area contributed by atoms with Crippen molar-refractivity contribution in [3.05, 3.63) is 42.1 Å². The van der Waals surface area contributed by atoms with E-state index < -0.39 is 0 Å². The number of hydrogen-bond acceptors (Lipinski definition) is 2. The van der Waals surface area contributed by atoms with Gasteiger partial charge in [0.05, 0.1) is 11.6 Å². The summed E-state index contributed by atoms with van der Waals surface area (Å²) in [6.45, 7) is 0.901. The summed E-state index contributed by atoms with van der Waals surface area (Å²) in [5.41, 5.74) is 2.21. The van der Waals surface area contributed by atoms with Crippen LogP contribution in [0.5, 0.6) is 0 Å². The van der Waals surface area contributed by atoms with Crippen LogP contribution in [0, 0.1) is 0 Å². The minimum atomic E-state index is 0.335. The van der Waals surface area contributed by atoms with E-state index in [2.05, 4.69) is 40.2 Å². The largest absolute Gasteiger partial charge is 0.377 e. The van der Waals surface area contributed by atoms with E-state index in [0.717, 1.165) is 30.7 Å². The first kappa shape index (κ1) is 13.1. The minimum absolute atomic E-state index is 0.335. The number of aromatic nitrogens is 1. The molecule has 2 unspecified atom stereocenters. The molecule has 0 spiro atoms. The van der Waals surface area contributed by atoms with Crippen molar-refractivity contribution in [2.24, 2.45) is 0 Å². The summed E-state index contributed by atoms with van der Waals surface area (Å²) in [7, 11) is 0. The van der Waals surface area contributed by atoms with Gasteiger partial charge in [-0.3, -0.25) is 4.98 Å². The van der Waals surface area contributed by atoms with Crippen LogP contribution in [-0.2, 0) is 11.2 Å². The van der Waals surface area contributed by atoms with Crippen LogP contribution in [0.3, 0.4) is 0 Å². The Hall–Kier alpha value is -0.930. The van der Waals surface area contributed by atoms with E-state index in [1.54, 1.807) is 0 Å². The van der Waals surface area contributed by atoms with Crippen LogP contribution in [0.15, 0.2) is 36.4 Å². The second-order valence-electron chi connectivity index (χ2n) is 5.12. The average Bonchev–Trinajstić information content (AvgIpc) is 2.48. The molecule has 0 N–H and O–H groups in total. The molecule has 0 saturated carbocycles. The number of ether oxygens (including phenoxy) is 1. The summed E-state index contributed by atoms with van der Waals surface area (Å²) in [5.74, 6) is 0. The molecule has 0 aliphatic carbocycles. The average molecular weight is 320 g/mol. The number of benzene rings is 1. The molecule has 1 aromatic carbocycles. The molecule has 2 nitrogen and oxygen atoms in total. The van der Waals surface area contributed by atoms with E-state index in [-0.39, 0.29) is 0 Å². The van der Waals surface area contributed by atoms with Gasteiger partial charge < -0.3 is 4.74 Å². The Morgan fingerprint density at radius 2 is 2.11 bits per heavy atom. The smallest absolute Gasteiger partial charge is 0.0705 e. The highest BCUT2D eigenvalue weighted by Gasteiger charge is 2.22. The van der Waals surface area contributed by atoms with Gasteiger partial charge in [-0.2, -0.15) is 0 Å². The molecule has 2 heterocycles. The molecule has 100 valence electrons.